The van der Waals surface area contributed by atoms with Gasteiger partial charge in [-0.3, -0.25) is 0 Å². The molecule has 5 heteroatoms. The molecule has 1 aromatic rings. The highest BCUT2D eigenvalue weighted by Gasteiger charge is 2.26. The van der Waals surface area contributed by atoms with E-state index in [1.807, 2.05) is 0 Å². The Kier molecular flexibility index (Phi) is 3.86. The van der Waals surface area contributed by atoms with E-state index in [0.717, 1.165) is 10.6 Å². The number of hydrogen-bond donors (Lipinski definition) is 1. The van der Waals surface area contributed by atoms with Crippen LogP contribution < -0.4 is 10.6 Å². The number of nitrogens with two attached hydrogens (primary N) is 1. The minimum Gasteiger partial charge on any atom is -0.383 e. The molecule has 1 aliphatic carbocycles. The van der Waals surface area contributed by atoms with Crippen molar-refractivity contribution in [2.75, 3.05) is 17.7 Å². The van der Waals surface area contributed by atoms with Gasteiger partial charge in [0.1, 0.15) is 10.4 Å². The molecule has 0 saturated heterocycles. The van der Waals surface area contributed by atoms with Crippen LogP contribution in [-0.2, 0) is 0 Å². The second-order valence-electron chi connectivity index (χ2n) is 4.86. The molecule has 0 bridgehead atoms. The largest absolute Gasteiger partial charge is 0.383 e. The molecule has 0 spiro atoms. The summed E-state index contributed by atoms with van der Waals surface area (Å²) >= 11 is 3.36. The van der Waals surface area contributed by atoms with Gasteiger partial charge in [0.15, 0.2) is 0 Å². The molecule has 0 radical (unpaired) electrons. The normalized spacial score (nSPS) is 24.6. The van der Waals surface area contributed by atoms with E-state index in [0.29, 0.717) is 17.8 Å². The number of halogens is 1. The first-order valence-corrected chi connectivity index (χ1v) is 6.90. The Hall–Kier alpha value is -0.840. The van der Waals surface area contributed by atoms with Crippen LogP contribution in [-0.4, -0.2) is 23.1 Å². The minimum atomic E-state index is 0.511. The molecule has 1 aromatic heterocycles. The predicted octanol–water partition coefficient (Wildman–Crippen LogP) is 2.84. The van der Waals surface area contributed by atoms with Gasteiger partial charge >= 0.3 is 0 Å². The second kappa shape index (κ2) is 5.21. The van der Waals surface area contributed by atoms with Crippen LogP contribution in [0.25, 0.3) is 0 Å². The molecule has 0 aliphatic heterocycles. The Morgan fingerprint density at radius 2 is 2.06 bits per heavy atom. The number of rotatable bonds is 2. The van der Waals surface area contributed by atoms with Crippen LogP contribution in [0.3, 0.4) is 0 Å². The first-order chi connectivity index (χ1) is 8.08. The zero-order valence-electron chi connectivity index (χ0n) is 10.4. The van der Waals surface area contributed by atoms with E-state index in [-0.39, 0.29) is 0 Å². The van der Waals surface area contributed by atoms with Gasteiger partial charge in [-0.05, 0) is 34.7 Å². The molecular weight excluding hydrogens is 280 g/mol. The van der Waals surface area contributed by atoms with Crippen molar-refractivity contribution in [2.24, 2.45) is 5.92 Å². The van der Waals surface area contributed by atoms with Gasteiger partial charge in [0.2, 0.25) is 5.95 Å². The highest BCUT2D eigenvalue weighted by atomic mass is 79.9. The van der Waals surface area contributed by atoms with Crippen LogP contribution in [0.15, 0.2) is 10.7 Å². The third kappa shape index (κ3) is 2.89. The van der Waals surface area contributed by atoms with Crippen LogP contribution >= 0.6 is 15.9 Å². The lowest BCUT2D eigenvalue weighted by Crippen LogP contribution is -2.40. The number of aromatic nitrogens is 2. The lowest BCUT2D eigenvalue weighted by Gasteiger charge is -2.36. The average molecular weight is 299 g/mol. The van der Waals surface area contributed by atoms with Crippen molar-refractivity contribution in [3.63, 3.8) is 0 Å². The maximum Gasteiger partial charge on any atom is 0.228 e. The van der Waals surface area contributed by atoms with Crippen LogP contribution in [0.4, 0.5) is 11.8 Å². The highest BCUT2D eigenvalue weighted by Crippen LogP contribution is 2.29. The summed E-state index contributed by atoms with van der Waals surface area (Å²) in [6.07, 6.45) is 5.14. The van der Waals surface area contributed by atoms with Crippen molar-refractivity contribution >= 4 is 27.7 Å². The zero-order valence-corrected chi connectivity index (χ0v) is 11.9. The molecule has 1 aliphatic rings. The third-order valence-electron chi connectivity index (χ3n) is 3.58. The molecule has 0 amide bonds. The lowest BCUT2D eigenvalue weighted by molar-refractivity contribution is 0.319. The van der Waals surface area contributed by atoms with E-state index in [1.54, 1.807) is 6.07 Å². The summed E-state index contributed by atoms with van der Waals surface area (Å²) in [5, 5.41) is 0. The Bertz CT molecular complexity index is 376. The fourth-order valence-corrected chi connectivity index (χ4v) is 2.99. The van der Waals surface area contributed by atoms with Gasteiger partial charge in [0, 0.05) is 19.2 Å². The summed E-state index contributed by atoms with van der Waals surface area (Å²) < 4.78 is 0.746. The Labute approximate surface area is 111 Å². The number of hydrogen-bond acceptors (Lipinski definition) is 4. The fraction of sp³-hybridized carbons (Fsp3) is 0.667. The lowest BCUT2D eigenvalue weighted by atomic mass is 9.85. The van der Waals surface area contributed by atoms with Gasteiger partial charge in [0.05, 0.1) is 0 Å². The van der Waals surface area contributed by atoms with Gasteiger partial charge in [-0.15, -0.1) is 0 Å². The van der Waals surface area contributed by atoms with E-state index in [1.165, 1.54) is 25.7 Å². The van der Waals surface area contributed by atoms with Crippen molar-refractivity contribution in [2.45, 2.75) is 38.6 Å². The third-order valence-corrected chi connectivity index (χ3v) is 3.99. The van der Waals surface area contributed by atoms with E-state index < -0.39 is 0 Å². The van der Waals surface area contributed by atoms with E-state index >= 15 is 0 Å². The Balaban J connectivity index is 2.20. The van der Waals surface area contributed by atoms with Crippen molar-refractivity contribution in [3.8, 4) is 0 Å². The monoisotopic (exact) mass is 298 g/mol. The quantitative estimate of drug-likeness (QED) is 0.853. The summed E-state index contributed by atoms with van der Waals surface area (Å²) in [6.45, 7) is 2.31. The molecule has 0 aromatic carbocycles. The summed E-state index contributed by atoms with van der Waals surface area (Å²) in [5.41, 5.74) is 5.75. The van der Waals surface area contributed by atoms with Crippen LogP contribution in [0.2, 0.25) is 0 Å². The molecule has 1 heterocycles. The smallest absolute Gasteiger partial charge is 0.228 e. The van der Waals surface area contributed by atoms with Gasteiger partial charge in [-0.25, -0.2) is 4.98 Å². The van der Waals surface area contributed by atoms with Crippen molar-refractivity contribution in [1.82, 2.24) is 9.97 Å². The first kappa shape index (κ1) is 12.6. The summed E-state index contributed by atoms with van der Waals surface area (Å²) in [6, 6.07) is 2.25. The van der Waals surface area contributed by atoms with E-state index in [4.69, 9.17) is 5.73 Å². The number of nitrogen functional groups attached to an aromatic ring is 1. The fourth-order valence-electron chi connectivity index (χ4n) is 2.60. The van der Waals surface area contributed by atoms with Gasteiger partial charge in [-0.2, -0.15) is 4.98 Å². The van der Waals surface area contributed by atoms with E-state index in [2.05, 4.69) is 44.8 Å². The predicted molar refractivity (Wildman–Crippen MR) is 74.0 cm³/mol. The summed E-state index contributed by atoms with van der Waals surface area (Å²) in [5.74, 6) is 1.92. The minimum absolute atomic E-state index is 0.511. The first-order valence-electron chi connectivity index (χ1n) is 6.11. The van der Waals surface area contributed by atoms with Crippen LogP contribution in [0.5, 0.6) is 0 Å². The second-order valence-corrected chi connectivity index (χ2v) is 5.67. The average Bonchev–Trinajstić information content (AvgIpc) is 2.27. The molecule has 2 atom stereocenters. The Morgan fingerprint density at radius 3 is 2.71 bits per heavy atom. The molecule has 1 saturated carbocycles. The topological polar surface area (TPSA) is 55.0 Å². The standard InChI is InChI=1S/C12H19BrN4/c1-8-5-3-4-6-9(8)17(2)12-15-10(13)7-11(14)16-12/h7-9H,3-6H2,1-2H3,(H2,14,15,16). The van der Waals surface area contributed by atoms with Crippen LogP contribution in [0, 0.1) is 5.92 Å². The summed E-state index contributed by atoms with van der Waals surface area (Å²) in [7, 11) is 2.06. The molecule has 17 heavy (non-hydrogen) atoms. The molecule has 2 unspecified atom stereocenters. The Morgan fingerprint density at radius 1 is 1.35 bits per heavy atom. The van der Waals surface area contributed by atoms with Crippen molar-refractivity contribution in [3.05, 3.63) is 10.7 Å². The number of anilines is 2. The van der Waals surface area contributed by atoms with Gasteiger partial charge in [-0.1, -0.05) is 19.8 Å². The molecule has 2 N–H and O–H groups in total. The SMILES string of the molecule is CC1CCCCC1N(C)c1nc(N)cc(Br)n1. The maximum atomic E-state index is 5.75. The van der Waals surface area contributed by atoms with Gasteiger partial charge < -0.3 is 10.6 Å². The van der Waals surface area contributed by atoms with Crippen LogP contribution in [0.1, 0.15) is 32.6 Å². The zero-order chi connectivity index (χ0) is 12.4. The van der Waals surface area contributed by atoms with Crippen molar-refractivity contribution in [1.29, 1.82) is 0 Å². The molecule has 2 rings (SSSR count). The highest BCUT2D eigenvalue weighted by molar-refractivity contribution is 9.10. The van der Waals surface area contributed by atoms with E-state index in [9.17, 15) is 0 Å². The number of nitrogens with zero attached hydrogens (tertiary/aromatic N) is 3. The van der Waals surface area contributed by atoms with Gasteiger partial charge in [0.25, 0.3) is 0 Å². The van der Waals surface area contributed by atoms with Crippen molar-refractivity contribution < 1.29 is 0 Å². The maximum absolute atomic E-state index is 5.75. The summed E-state index contributed by atoms with van der Waals surface area (Å²) in [4.78, 5) is 10.9. The molecular formula is C12H19BrN4. The molecule has 1 fully saturated rings. The molecule has 94 valence electrons. The molecule has 4 nitrogen and oxygen atoms in total.